The Balaban J connectivity index is 1.91. The molecule has 0 radical (unpaired) electrons. The third-order valence-electron chi connectivity index (χ3n) is 4.85. The number of hydrogen-bond acceptors (Lipinski definition) is 6. The van der Waals surface area contributed by atoms with E-state index in [1.807, 2.05) is 60.7 Å². The summed E-state index contributed by atoms with van der Waals surface area (Å²) < 4.78 is 12.7. The van der Waals surface area contributed by atoms with E-state index in [4.69, 9.17) is 14.6 Å². The second-order valence-electron chi connectivity index (χ2n) is 6.58. The molecule has 2 aromatic carbocycles. The fourth-order valence-corrected chi connectivity index (χ4v) is 3.63. The van der Waals surface area contributed by atoms with Crippen molar-refractivity contribution in [2.24, 2.45) is 0 Å². The molecule has 0 aliphatic carbocycles. The van der Waals surface area contributed by atoms with Gasteiger partial charge in [0.1, 0.15) is 22.7 Å². The highest BCUT2D eigenvalue weighted by molar-refractivity contribution is 5.73. The lowest BCUT2D eigenvalue weighted by atomic mass is 9.88. The molecule has 1 aliphatic rings. The Kier molecular flexibility index (Phi) is 3.71. The van der Waals surface area contributed by atoms with Crippen LogP contribution in [0.2, 0.25) is 0 Å². The standard InChI is InChI=1S/C22H14N4O3/c23-12-15-17(14-9-5-2-6-10-14)18-20(29-22(24)25-18)26-16(21(27)28-19(15)26)11-13-7-3-1-4-8-13/h1-11,17H,(H2,24,25)/b16-11+/t17-/m0/s1. The first-order valence-electron chi connectivity index (χ1n) is 8.92. The van der Waals surface area contributed by atoms with E-state index in [9.17, 15) is 10.1 Å². The molecule has 7 nitrogen and oxygen atoms in total. The zero-order valence-corrected chi connectivity index (χ0v) is 15.1. The van der Waals surface area contributed by atoms with Crippen LogP contribution in [0.15, 0.2) is 74.3 Å². The number of anilines is 1. The maximum absolute atomic E-state index is 12.7. The molecule has 1 aliphatic heterocycles. The van der Waals surface area contributed by atoms with Gasteiger partial charge in [0.2, 0.25) is 11.4 Å². The monoisotopic (exact) mass is 382 g/mol. The number of fused-ring (bicyclic) bond motifs is 3. The Labute approximate surface area is 164 Å². The first kappa shape index (κ1) is 16.8. The molecule has 0 bridgehead atoms. The van der Waals surface area contributed by atoms with Gasteiger partial charge in [-0.1, -0.05) is 60.7 Å². The van der Waals surface area contributed by atoms with Gasteiger partial charge >= 0.3 is 5.63 Å². The van der Waals surface area contributed by atoms with E-state index in [2.05, 4.69) is 11.1 Å². The van der Waals surface area contributed by atoms with Crippen LogP contribution >= 0.6 is 0 Å². The number of nitrogens with zero attached hydrogens (tertiary/aromatic N) is 3. The molecule has 0 amide bonds. The Morgan fingerprint density at radius 2 is 1.76 bits per heavy atom. The minimum atomic E-state index is -0.578. The van der Waals surface area contributed by atoms with Gasteiger partial charge in [-0.2, -0.15) is 10.2 Å². The number of nitrogen functional groups attached to an aromatic ring is 1. The summed E-state index contributed by atoms with van der Waals surface area (Å²) in [6, 6.07) is 20.8. The lowest BCUT2D eigenvalue weighted by Gasteiger charge is -2.18. The largest absolute Gasteiger partial charge is 0.406 e. The summed E-state index contributed by atoms with van der Waals surface area (Å²) >= 11 is 0. The maximum atomic E-state index is 12.7. The fraction of sp³-hybridized carbons (Fsp3) is 0.0455. The highest BCUT2D eigenvalue weighted by atomic mass is 16.4. The quantitative estimate of drug-likeness (QED) is 0.564. The summed E-state index contributed by atoms with van der Waals surface area (Å²) in [6.45, 7) is 0. The number of nitriles is 1. The molecule has 140 valence electrons. The molecule has 0 unspecified atom stereocenters. The minimum Gasteiger partial charge on any atom is -0.406 e. The van der Waals surface area contributed by atoms with Crippen molar-refractivity contribution >= 4 is 17.7 Å². The second-order valence-corrected chi connectivity index (χ2v) is 6.58. The van der Waals surface area contributed by atoms with Crippen LogP contribution in [0.3, 0.4) is 0 Å². The number of aromatic nitrogens is 2. The van der Waals surface area contributed by atoms with E-state index in [0.717, 1.165) is 11.1 Å². The molecule has 0 saturated carbocycles. The fourth-order valence-electron chi connectivity index (χ4n) is 3.63. The lowest BCUT2D eigenvalue weighted by Crippen LogP contribution is -2.35. The SMILES string of the molecule is N#CC1=c2oc(=O)/c(=C\c3ccccc3)n2-c2oc(N)nc2[C@H]1c1ccccc1. The zero-order chi connectivity index (χ0) is 20.0. The number of benzene rings is 2. The first-order valence-corrected chi connectivity index (χ1v) is 8.92. The van der Waals surface area contributed by atoms with Gasteiger partial charge in [-0.05, 0) is 17.2 Å². The molecule has 0 spiro atoms. The van der Waals surface area contributed by atoms with Crippen LogP contribution in [-0.2, 0) is 0 Å². The summed E-state index contributed by atoms with van der Waals surface area (Å²) in [5.41, 5.74) is 7.75. The molecule has 1 atom stereocenters. The Morgan fingerprint density at radius 3 is 2.45 bits per heavy atom. The Hall–Kier alpha value is -4.31. The predicted molar refractivity (Wildman–Crippen MR) is 105 cm³/mol. The van der Waals surface area contributed by atoms with Gasteiger partial charge in [0.05, 0.1) is 5.92 Å². The summed E-state index contributed by atoms with van der Waals surface area (Å²) in [4.78, 5) is 17.0. The first-order chi connectivity index (χ1) is 14.2. The average molecular weight is 382 g/mol. The third-order valence-corrected chi connectivity index (χ3v) is 4.85. The summed E-state index contributed by atoms with van der Waals surface area (Å²) in [5, 5.41) is 10.2. The third kappa shape index (κ3) is 2.58. The van der Waals surface area contributed by atoms with Crippen LogP contribution in [0.25, 0.3) is 17.5 Å². The maximum Gasteiger partial charge on any atom is 0.362 e. The molecule has 2 aromatic heterocycles. The molecule has 2 N–H and O–H groups in total. The van der Waals surface area contributed by atoms with Crippen molar-refractivity contribution < 1.29 is 8.83 Å². The molecule has 7 heteroatoms. The average Bonchev–Trinajstić information content (AvgIpc) is 3.27. The Bertz CT molecular complexity index is 1440. The van der Waals surface area contributed by atoms with Crippen molar-refractivity contribution in [1.29, 1.82) is 5.26 Å². The van der Waals surface area contributed by atoms with E-state index in [-0.39, 0.29) is 28.4 Å². The highest BCUT2D eigenvalue weighted by Gasteiger charge is 2.35. The van der Waals surface area contributed by atoms with Crippen molar-refractivity contribution in [3.8, 4) is 12.0 Å². The number of oxazole rings is 2. The number of hydrogen-bond donors (Lipinski definition) is 1. The summed E-state index contributed by atoms with van der Waals surface area (Å²) in [7, 11) is 0. The van der Waals surface area contributed by atoms with E-state index in [0.29, 0.717) is 5.69 Å². The minimum absolute atomic E-state index is 0.0483. The van der Waals surface area contributed by atoms with Crippen LogP contribution in [0.5, 0.6) is 0 Å². The summed E-state index contributed by atoms with van der Waals surface area (Å²) in [5.74, 6) is -0.272. The molecule has 5 rings (SSSR count). The molecule has 29 heavy (non-hydrogen) atoms. The topological polar surface area (TPSA) is 111 Å². The smallest absolute Gasteiger partial charge is 0.362 e. The normalized spacial score (nSPS) is 15.6. The van der Waals surface area contributed by atoms with Crippen LogP contribution in [-0.4, -0.2) is 9.55 Å². The van der Waals surface area contributed by atoms with Crippen LogP contribution in [0, 0.1) is 11.3 Å². The summed E-state index contributed by atoms with van der Waals surface area (Å²) in [6.07, 6.45) is 1.68. The molecule has 4 aromatic rings. The van der Waals surface area contributed by atoms with E-state index in [1.54, 1.807) is 6.08 Å². The molecular weight excluding hydrogens is 368 g/mol. The highest BCUT2D eigenvalue weighted by Crippen LogP contribution is 2.37. The van der Waals surface area contributed by atoms with Crippen molar-refractivity contribution in [3.05, 3.63) is 98.8 Å². The zero-order valence-electron chi connectivity index (χ0n) is 15.1. The predicted octanol–water partition coefficient (Wildman–Crippen LogP) is 1.65. The van der Waals surface area contributed by atoms with E-state index in [1.165, 1.54) is 4.57 Å². The second kappa shape index (κ2) is 6.39. The van der Waals surface area contributed by atoms with Gasteiger partial charge in [0.25, 0.3) is 6.01 Å². The van der Waals surface area contributed by atoms with Crippen molar-refractivity contribution in [2.45, 2.75) is 5.92 Å². The van der Waals surface area contributed by atoms with E-state index >= 15 is 0 Å². The van der Waals surface area contributed by atoms with Gasteiger partial charge < -0.3 is 14.6 Å². The van der Waals surface area contributed by atoms with Crippen LogP contribution < -0.4 is 22.3 Å². The van der Waals surface area contributed by atoms with Crippen LogP contribution in [0.1, 0.15) is 22.7 Å². The number of nitrogens with two attached hydrogens (primary N) is 1. The van der Waals surface area contributed by atoms with Gasteiger partial charge in [0.15, 0.2) is 0 Å². The molecular formula is C22H14N4O3. The van der Waals surface area contributed by atoms with Crippen LogP contribution in [0.4, 0.5) is 6.01 Å². The van der Waals surface area contributed by atoms with Crippen molar-refractivity contribution in [3.63, 3.8) is 0 Å². The van der Waals surface area contributed by atoms with E-state index < -0.39 is 11.5 Å². The molecule has 3 heterocycles. The van der Waals surface area contributed by atoms with Gasteiger partial charge in [-0.25, -0.2) is 9.36 Å². The van der Waals surface area contributed by atoms with Gasteiger partial charge in [0, 0.05) is 0 Å². The van der Waals surface area contributed by atoms with Crippen molar-refractivity contribution in [2.75, 3.05) is 5.73 Å². The number of rotatable bonds is 2. The van der Waals surface area contributed by atoms with Gasteiger partial charge in [-0.15, -0.1) is 0 Å². The Morgan fingerprint density at radius 1 is 1.07 bits per heavy atom. The molecule has 0 fully saturated rings. The lowest BCUT2D eigenvalue weighted by molar-refractivity contribution is 0.455. The van der Waals surface area contributed by atoms with Crippen molar-refractivity contribution in [1.82, 2.24) is 9.55 Å². The van der Waals surface area contributed by atoms with Gasteiger partial charge in [-0.3, -0.25) is 0 Å². The molecule has 0 saturated heterocycles.